The maximum absolute atomic E-state index is 13.2. The van der Waals surface area contributed by atoms with Gasteiger partial charge in [-0.3, -0.25) is 0 Å². The van der Waals surface area contributed by atoms with Gasteiger partial charge in [0, 0.05) is 24.5 Å². The smallest absolute Gasteiger partial charge is 0.222 e. The van der Waals surface area contributed by atoms with Gasteiger partial charge in [0.25, 0.3) is 0 Å². The van der Waals surface area contributed by atoms with Crippen LogP contribution in [0.15, 0.2) is 43.1 Å². The van der Waals surface area contributed by atoms with Gasteiger partial charge < -0.3 is 15.6 Å². The van der Waals surface area contributed by atoms with Crippen LogP contribution in [0, 0.1) is 5.82 Å². The third kappa shape index (κ3) is 3.26. The van der Waals surface area contributed by atoms with E-state index in [-0.39, 0.29) is 11.9 Å². The molecule has 0 aliphatic carbocycles. The molecule has 0 spiro atoms. The number of nitrogens with two attached hydrogens (primary N) is 1. The van der Waals surface area contributed by atoms with Gasteiger partial charge >= 0.3 is 0 Å². The Bertz CT molecular complexity index is 1110. The zero-order chi connectivity index (χ0) is 19.0. The monoisotopic (exact) mass is 364 g/mol. The molecule has 0 saturated carbocycles. The van der Waals surface area contributed by atoms with Crippen LogP contribution in [0.5, 0.6) is 0 Å². The van der Waals surface area contributed by atoms with Crippen LogP contribution in [0.25, 0.3) is 10.9 Å². The van der Waals surface area contributed by atoms with Gasteiger partial charge in [-0.1, -0.05) is 19.1 Å². The maximum atomic E-state index is 13.2. The highest BCUT2D eigenvalue weighted by Gasteiger charge is 2.19. The number of nitrogen functional groups attached to an aromatic ring is 1. The summed E-state index contributed by atoms with van der Waals surface area (Å²) >= 11 is 0. The molecular formula is C18H17FN8. The number of anilines is 3. The highest BCUT2D eigenvalue weighted by molar-refractivity contribution is 5.94. The molecule has 4 aromatic rings. The van der Waals surface area contributed by atoms with Gasteiger partial charge in [-0.15, -0.1) is 0 Å². The normalized spacial score (nSPS) is 12.3. The molecule has 0 bridgehead atoms. The van der Waals surface area contributed by atoms with E-state index in [0.717, 1.165) is 23.3 Å². The molecule has 0 radical (unpaired) electrons. The largest absolute Gasteiger partial charge is 0.368 e. The van der Waals surface area contributed by atoms with Gasteiger partial charge in [0.2, 0.25) is 5.95 Å². The summed E-state index contributed by atoms with van der Waals surface area (Å²) in [5.74, 6) is 1.16. The molecule has 3 N–H and O–H groups in total. The lowest BCUT2D eigenvalue weighted by molar-refractivity contribution is 0.606. The minimum Gasteiger partial charge on any atom is -0.368 e. The number of imidazole rings is 1. The second-order valence-electron chi connectivity index (χ2n) is 6.20. The summed E-state index contributed by atoms with van der Waals surface area (Å²) in [6.07, 6.45) is 5.83. The summed E-state index contributed by atoms with van der Waals surface area (Å²) in [6.45, 7) is 1.95. The number of aromatic nitrogens is 6. The summed E-state index contributed by atoms with van der Waals surface area (Å²) in [7, 11) is 1.88. The number of nitrogens with zero attached hydrogens (tertiary/aromatic N) is 6. The number of fused-ring (bicyclic) bond motifs is 1. The highest BCUT2D eigenvalue weighted by atomic mass is 19.1. The van der Waals surface area contributed by atoms with Gasteiger partial charge in [-0.05, 0) is 11.6 Å². The number of hydrogen-bond donors (Lipinski definition) is 2. The first-order chi connectivity index (χ1) is 13.0. The lowest BCUT2D eigenvalue weighted by Crippen LogP contribution is -2.07. The molecule has 1 atom stereocenters. The molecule has 0 aliphatic rings. The van der Waals surface area contributed by atoms with Gasteiger partial charge in [0.1, 0.15) is 17.5 Å². The molecule has 9 heteroatoms. The number of aryl methyl sites for hydroxylation is 1. The summed E-state index contributed by atoms with van der Waals surface area (Å²) < 4.78 is 15.0. The predicted octanol–water partition coefficient (Wildman–Crippen LogP) is 2.77. The van der Waals surface area contributed by atoms with Gasteiger partial charge in [-0.2, -0.15) is 4.98 Å². The van der Waals surface area contributed by atoms with E-state index in [4.69, 9.17) is 5.73 Å². The van der Waals surface area contributed by atoms with Crippen molar-refractivity contribution in [2.45, 2.75) is 12.8 Å². The topological polar surface area (TPSA) is 107 Å². The predicted molar refractivity (Wildman–Crippen MR) is 99.9 cm³/mol. The van der Waals surface area contributed by atoms with E-state index in [1.54, 1.807) is 6.33 Å². The Balaban J connectivity index is 1.86. The second kappa shape index (κ2) is 6.60. The molecular weight excluding hydrogens is 347 g/mol. The molecule has 1 aromatic carbocycles. The Hall–Kier alpha value is -3.62. The third-order valence-electron chi connectivity index (χ3n) is 4.22. The Morgan fingerprint density at radius 3 is 2.63 bits per heavy atom. The molecule has 27 heavy (non-hydrogen) atoms. The Labute approximate surface area is 154 Å². The van der Waals surface area contributed by atoms with Crippen LogP contribution in [0.4, 0.5) is 22.0 Å². The minimum absolute atomic E-state index is 0.156. The molecule has 0 saturated heterocycles. The first kappa shape index (κ1) is 16.8. The van der Waals surface area contributed by atoms with E-state index < -0.39 is 5.82 Å². The molecule has 0 fully saturated rings. The SMILES string of the molecule is C[C@@H](c1ncc(F)cn1)c1cccc2nc(N)nc(Nc3cn(C)cn3)c12. The van der Waals surface area contributed by atoms with E-state index in [2.05, 4.69) is 30.2 Å². The fourth-order valence-electron chi connectivity index (χ4n) is 2.96. The van der Waals surface area contributed by atoms with Crippen molar-refractivity contribution in [2.24, 2.45) is 7.05 Å². The van der Waals surface area contributed by atoms with Gasteiger partial charge in [0.15, 0.2) is 5.82 Å². The maximum Gasteiger partial charge on any atom is 0.222 e. The second-order valence-corrected chi connectivity index (χ2v) is 6.20. The molecule has 0 amide bonds. The Morgan fingerprint density at radius 1 is 1.15 bits per heavy atom. The molecule has 3 aromatic heterocycles. The molecule has 0 unspecified atom stereocenters. The van der Waals surface area contributed by atoms with Crippen LogP contribution in [0.1, 0.15) is 24.2 Å². The lowest BCUT2D eigenvalue weighted by Gasteiger charge is -2.16. The number of hydrogen-bond acceptors (Lipinski definition) is 7. The van der Waals surface area contributed by atoms with Crippen LogP contribution < -0.4 is 11.1 Å². The fourth-order valence-corrected chi connectivity index (χ4v) is 2.96. The Kier molecular flexibility index (Phi) is 4.11. The van der Waals surface area contributed by atoms with E-state index in [1.165, 1.54) is 0 Å². The van der Waals surface area contributed by atoms with E-state index in [9.17, 15) is 4.39 Å². The van der Waals surface area contributed by atoms with Crippen LogP contribution in [0.3, 0.4) is 0 Å². The van der Waals surface area contributed by atoms with E-state index >= 15 is 0 Å². The molecule has 0 aliphatic heterocycles. The average Bonchev–Trinajstić information content (AvgIpc) is 3.05. The van der Waals surface area contributed by atoms with Crippen LogP contribution in [-0.4, -0.2) is 29.5 Å². The molecule has 3 heterocycles. The number of nitrogens with one attached hydrogen (secondary N) is 1. The lowest BCUT2D eigenvalue weighted by atomic mass is 9.96. The molecule has 8 nitrogen and oxygen atoms in total. The van der Waals surface area contributed by atoms with Gasteiger partial charge in [-0.25, -0.2) is 24.3 Å². The van der Waals surface area contributed by atoms with Crippen LogP contribution in [-0.2, 0) is 7.05 Å². The molecule has 4 rings (SSSR count). The zero-order valence-corrected chi connectivity index (χ0v) is 14.8. The van der Waals surface area contributed by atoms with Crippen molar-refractivity contribution in [1.29, 1.82) is 0 Å². The van der Waals surface area contributed by atoms with Gasteiger partial charge in [0.05, 0.1) is 24.2 Å². The minimum atomic E-state index is -0.475. The summed E-state index contributed by atoms with van der Waals surface area (Å²) in [4.78, 5) is 21.2. The van der Waals surface area contributed by atoms with Crippen molar-refractivity contribution in [1.82, 2.24) is 29.5 Å². The first-order valence-electron chi connectivity index (χ1n) is 8.30. The first-order valence-corrected chi connectivity index (χ1v) is 8.30. The van der Waals surface area contributed by atoms with Crippen LogP contribution >= 0.6 is 0 Å². The summed E-state index contributed by atoms with van der Waals surface area (Å²) in [5, 5.41) is 3.99. The van der Waals surface area contributed by atoms with Crippen molar-refractivity contribution < 1.29 is 4.39 Å². The zero-order valence-electron chi connectivity index (χ0n) is 14.8. The number of rotatable bonds is 4. The van der Waals surface area contributed by atoms with Crippen molar-refractivity contribution in [3.63, 3.8) is 0 Å². The van der Waals surface area contributed by atoms with Crippen molar-refractivity contribution in [3.05, 3.63) is 60.3 Å². The highest BCUT2D eigenvalue weighted by Crippen LogP contribution is 2.33. The number of benzene rings is 1. The Morgan fingerprint density at radius 2 is 1.93 bits per heavy atom. The third-order valence-corrected chi connectivity index (χ3v) is 4.22. The van der Waals surface area contributed by atoms with E-state index in [1.807, 2.05) is 42.9 Å². The average molecular weight is 364 g/mol. The summed E-state index contributed by atoms with van der Waals surface area (Å²) in [6, 6.07) is 5.69. The summed E-state index contributed by atoms with van der Waals surface area (Å²) in [5.41, 5.74) is 7.47. The molecule has 136 valence electrons. The van der Waals surface area contributed by atoms with Crippen molar-refractivity contribution in [2.75, 3.05) is 11.1 Å². The fraction of sp³-hybridized carbons (Fsp3) is 0.167. The van der Waals surface area contributed by atoms with Crippen molar-refractivity contribution >= 4 is 28.5 Å². The van der Waals surface area contributed by atoms with Crippen molar-refractivity contribution in [3.8, 4) is 0 Å². The quantitative estimate of drug-likeness (QED) is 0.573. The standard InChI is InChI=1S/C18H17FN8/c1-10(16-21-6-11(19)7-22-16)12-4-3-5-13-15(12)17(26-18(20)24-13)25-14-8-27(2)9-23-14/h3-10H,1-2H3,(H3,20,24,25,26)/t10-/m1/s1. The number of halogens is 1. The van der Waals surface area contributed by atoms with E-state index in [0.29, 0.717) is 23.0 Å². The van der Waals surface area contributed by atoms with Crippen LogP contribution in [0.2, 0.25) is 0 Å².